The predicted octanol–water partition coefficient (Wildman–Crippen LogP) is 2.72. The number of rotatable bonds is 4. The van der Waals surface area contributed by atoms with Crippen molar-refractivity contribution >= 4 is 46.2 Å². The Balaban J connectivity index is 2.40. The van der Waals surface area contributed by atoms with Gasteiger partial charge in [-0.05, 0) is 24.3 Å². The van der Waals surface area contributed by atoms with Crippen molar-refractivity contribution in [1.82, 2.24) is 0 Å². The van der Waals surface area contributed by atoms with Crippen molar-refractivity contribution in [3.05, 3.63) is 45.6 Å². The molecule has 1 heterocycles. The number of halogens is 1. The fraction of sp³-hybridized carbons (Fsp3) is 0.0769. The molecule has 1 aromatic heterocycles. The number of hydrogen-bond donors (Lipinski definition) is 2. The molecular formula is C13H11ClN2O3S. The Labute approximate surface area is 124 Å². The number of carbonyl (C=O) groups excluding carboxylic acids is 1. The van der Waals surface area contributed by atoms with Gasteiger partial charge in [-0.1, -0.05) is 23.7 Å². The van der Waals surface area contributed by atoms with E-state index in [2.05, 4.69) is 0 Å². The fourth-order valence-electron chi connectivity index (χ4n) is 1.70. The van der Waals surface area contributed by atoms with Crippen molar-refractivity contribution in [2.45, 2.75) is 0 Å². The summed E-state index contributed by atoms with van der Waals surface area (Å²) in [5, 5.41) is 8.98. The largest absolute Gasteiger partial charge is 0.480 e. The maximum atomic E-state index is 12.4. The van der Waals surface area contributed by atoms with Gasteiger partial charge in [-0.2, -0.15) is 0 Å². The van der Waals surface area contributed by atoms with E-state index in [9.17, 15) is 9.59 Å². The molecule has 0 radical (unpaired) electrons. The van der Waals surface area contributed by atoms with Crippen molar-refractivity contribution in [1.29, 1.82) is 0 Å². The first-order valence-electron chi connectivity index (χ1n) is 5.62. The number of carboxylic acids is 1. The lowest BCUT2D eigenvalue weighted by Gasteiger charge is -2.21. The molecule has 0 saturated carbocycles. The molecule has 2 aromatic rings. The third-order valence-corrected chi connectivity index (χ3v) is 3.77. The molecule has 0 unspecified atom stereocenters. The summed E-state index contributed by atoms with van der Waals surface area (Å²) in [5.74, 6) is -1.56. The summed E-state index contributed by atoms with van der Waals surface area (Å²) in [4.78, 5) is 24.9. The Bertz CT molecular complexity index is 657. The minimum Gasteiger partial charge on any atom is -0.480 e. The van der Waals surface area contributed by atoms with Gasteiger partial charge >= 0.3 is 5.97 Å². The zero-order valence-corrected chi connectivity index (χ0v) is 11.8. The highest BCUT2D eigenvalue weighted by Gasteiger charge is 2.23. The van der Waals surface area contributed by atoms with Gasteiger partial charge in [-0.3, -0.25) is 14.5 Å². The van der Waals surface area contributed by atoms with Crippen LogP contribution < -0.4 is 10.6 Å². The normalized spacial score (nSPS) is 10.2. The molecule has 0 bridgehead atoms. The number of anilines is 2. The van der Waals surface area contributed by atoms with E-state index in [1.165, 1.54) is 0 Å². The lowest BCUT2D eigenvalue weighted by atomic mass is 10.2. The van der Waals surface area contributed by atoms with E-state index in [1.807, 2.05) is 0 Å². The first kappa shape index (κ1) is 14.4. The average Bonchev–Trinajstić information content (AvgIpc) is 2.82. The lowest BCUT2D eigenvalue weighted by molar-refractivity contribution is -0.135. The van der Waals surface area contributed by atoms with Gasteiger partial charge in [-0.25, -0.2) is 0 Å². The van der Waals surface area contributed by atoms with Crippen LogP contribution in [0.1, 0.15) is 9.67 Å². The van der Waals surface area contributed by atoms with E-state index in [0.29, 0.717) is 20.6 Å². The van der Waals surface area contributed by atoms with E-state index in [4.69, 9.17) is 22.4 Å². The highest BCUT2D eigenvalue weighted by Crippen LogP contribution is 2.28. The van der Waals surface area contributed by atoms with Gasteiger partial charge in [0, 0.05) is 0 Å². The van der Waals surface area contributed by atoms with Gasteiger partial charge in [0.1, 0.15) is 6.54 Å². The molecule has 7 heteroatoms. The maximum absolute atomic E-state index is 12.4. The Hall–Kier alpha value is -2.05. The zero-order valence-electron chi connectivity index (χ0n) is 10.2. The van der Waals surface area contributed by atoms with E-state index >= 15 is 0 Å². The summed E-state index contributed by atoms with van der Waals surface area (Å²) in [7, 11) is 0. The molecule has 0 fully saturated rings. The smallest absolute Gasteiger partial charge is 0.323 e. The third-order valence-electron chi connectivity index (χ3n) is 2.55. The van der Waals surface area contributed by atoms with E-state index < -0.39 is 18.4 Å². The van der Waals surface area contributed by atoms with Gasteiger partial charge in [0.15, 0.2) is 0 Å². The number of amides is 1. The summed E-state index contributed by atoms with van der Waals surface area (Å²) >= 11 is 6.89. The molecule has 0 aliphatic rings. The van der Waals surface area contributed by atoms with Crippen molar-refractivity contribution in [2.75, 3.05) is 17.2 Å². The molecule has 1 aromatic carbocycles. The van der Waals surface area contributed by atoms with E-state index in [0.717, 1.165) is 16.2 Å². The second kappa shape index (κ2) is 5.94. The number of thiophene rings is 1. The third kappa shape index (κ3) is 3.09. The minimum atomic E-state index is -1.12. The van der Waals surface area contributed by atoms with Gasteiger partial charge in [0.2, 0.25) is 0 Å². The molecule has 2 rings (SSSR count). The van der Waals surface area contributed by atoms with Gasteiger partial charge in [0.25, 0.3) is 5.91 Å². The molecule has 3 N–H and O–H groups in total. The highest BCUT2D eigenvalue weighted by atomic mass is 35.5. The number of nitrogens with two attached hydrogens (primary N) is 1. The van der Waals surface area contributed by atoms with Crippen molar-refractivity contribution in [3.8, 4) is 0 Å². The predicted molar refractivity (Wildman–Crippen MR) is 79.5 cm³/mol. The number of carbonyl (C=O) groups is 2. The Kier molecular flexibility index (Phi) is 4.26. The second-order valence-corrected chi connectivity index (χ2v) is 5.66. The van der Waals surface area contributed by atoms with Crippen molar-refractivity contribution in [3.63, 3.8) is 0 Å². The number of aliphatic carboxylic acids is 1. The molecule has 0 saturated heterocycles. The number of nitrogens with zero attached hydrogens (tertiary/aromatic N) is 1. The molecule has 0 aliphatic carbocycles. The van der Waals surface area contributed by atoms with E-state index in [1.54, 1.807) is 36.4 Å². The molecular weight excluding hydrogens is 300 g/mol. The van der Waals surface area contributed by atoms with Crippen LogP contribution in [0.4, 0.5) is 11.4 Å². The first-order valence-corrected chi connectivity index (χ1v) is 6.82. The van der Waals surface area contributed by atoms with Crippen LogP contribution in [0.5, 0.6) is 0 Å². The highest BCUT2D eigenvalue weighted by molar-refractivity contribution is 7.18. The Morgan fingerprint density at radius 1 is 1.25 bits per heavy atom. The number of carboxylic acid groups (broad SMARTS) is 1. The monoisotopic (exact) mass is 310 g/mol. The molecule has 0 spiro atoms. The summed E-state index contributed by atoms with van der Waals surface area (Å²) in [6.07, 6.45) is 0. The van der Waals surface area contributed by atoms with Crippen LogP contribution in [0.25, 0.3) is 0 Å². The Morgan fingerprint density at radius 3 is 2.50 bits per heavy atom. The maximum Gasteiger partial charge on any atom is 0.323 e. The second-order valence-electron chi connectivity index (χ2n) is 3.95. The van der Waals surface area contributed by atoms with Crippen LogP contribution in [0, 0.1) is 0 Å². The summed E-state index contributed by atoms with van der Waals surface area (Å²) in [5.41, 5.74) is 6.51. The van der Waals surface area contributed by atoms with Crippen LogP contribution in [0.3, 0.4) is 0 Å². The average molecular weight is 311 g/mol. The number of hydrogen-bond acceptors (Lipinski definition) is 4. The van der Waals surface area contributed by atoms with Crippen LogP contribution in [0.15, 0.2) is 36.4 Å². The molecule has 104 valence electrons. The number of para-hydroxylation sites is 2. The van der Waals surface area contributed by atoms with Crippen molar-refractivity contribution in [2.24, 2.45) is 0 Å². The molecule has 0 atom stereocenters. The zero-order chi connectivity index (χ0) is 14.7. The lowest BCUT2D eigenvalue weighted by Crippen LogP contribution is -2.35. The summed E-state index contributed by atoms with van der Waals surface area (Å²) < 4.78 is 0.463. The number of nitrogen functional groups attached to an aromatic ring is 1. The molecule has 5 nitrogen and oxygen atoms in total. The first-order chi connectivity index (χ1) is 9.49. The SMILES string of the molecule is Nc1ccccc1N(CC(=O)O)C(=O)c1ccc(Cl)s1. The standard InChI is InChI=1S/C13H11ClN2O3S/c14-11-6-5-10(20-11)13(19)16(7-12(17)18)9-4-2-1-3-8(9)15/h1-6H,7,15H2,(H,17,18). The van der Waals surface area contributed by atoms with Gasteiger partial charge < -0.3 is 10.8 Å². The van der Waals surface area contributed by atoms with Gasteiger partial charge in [0.05, 0.1) is 20.6 Å². The fourth-order valence-corrected chi connectivity index (χ4v) is 2.69. The quantitative estimate of drug-likeness (QED) is 0.850. The molecule has 1 amide bonds. The topological polar surface area (TPSA) is 83.6 Å². The van der Waals surface area contributed by atoms with Crippen LogP contribution >= 0.6 is 22.9 Å². The summed E-state index contributed by atoms with van der Waals surface area (Å²) in [6.45, 7) is -0.470. The minimum absolute atomic E-state index is 0.338. The van der Waals surface area contributed by atoms with Crippen molar-refractivity contribution < 1.29 is 14.7 Å². The summed E-state index contributed by atoms with van der Waals surface area (Å²) in [6, 6.07) is 9.76. The van der Waals surface area contributed by atoms with E-state index in [-0.39, 0.29) is 0 Å². The van der Waals surface area contributed by atoms with Crippen LogP contribution in [0.2, 0.25) is 4.34 Å². The van der Waals surface area contributed by atoms with Crippen LogP contribution in [-0.4, -0.2) is 23.5 Å². The van der Waals surface area contributed by atoms with Crippen LogP contribution in [-0.2, 0) is 4.79 Å². The van der Waals surface area contributed by atoms with Gasteiger partial charge in [-0.15, -0.1) is 11.3 Å². The molecule has 0 aliphatic heterocycles. The molecule has 20 heavy (non-hydrogen) atoms. The Morgan fingerprint density at radius 2 is 1.95 bits per heavy atom. The number of benzene rings is 1.